The molecular formula is C25H27N7O2. The second kappa shape index (κ2) is 11.2. The Labute approximate surface area is 198 Å². The number of piperazine rings is 1. The zero-order chi connectivity index (χ0) is 23.8. The predicted octanol–water partition coefficient (Wildman–Crippen LogP) is 2.38. The molecule has 2 heterocycles. The minimum absolute atomic E-state index is 0.0418. The van der Waals surface area contributed by atoms with Crippen molar-refractivity contribution in [3.63, 3.8) is 0 Å². The molecule has 0 amide bonds. The summed E-state index contributed by atoms with van der Waals surface area (Å²) < 4.78 is 6.01. The fraction of sp³-hybridized carbons (Fsp3) is 0.280. The number of benzene rings is 2. The second-order valence-electron chi connectivity index (χ2n) is 8.02. The summed E-state index contributed by atoms with van der Waals surface area (Å²) in [5.74, 6) is 0.876. The van der Waals surface area contributed by atoms with E-state index < -0.39 is 5.56 Å². The van der Waals surface area contributed by atoms with Gasteiger partial charge in [-0.05, 0) is 19.2 Å². The fourth-order valence-corrected chi connectivity index (χ4v) is 3.67. The normalized spacial score (nSPS) is 14.7. The first kappa shape index (κ1) is 23.2. The molecule has 1 aliphatic heterocycles. The van der Waals surface area contributed by atoms with Gasteiger partial charge in [-0.2, -0.15) is 10.4 Å². The smallest absolute Gasteiger partial charge is 0.270 e. The number of aromatic nitrogens is 2. The van der Waals surface area contributed by atoms with E-state index >= 15 is 0 Å². The van der Waals surface area contributed by atoms with Gasteiger partial charge in [-0.25, -0.2) is 10.4 Å². The molecule has 0 atom stereocenters. The van der Waals surface area contributed by atoms with Gasteiger partial charge in [0.1, 0.15) is 24.0 Å². The first-order valence-corrected chi connectivity index (χ1v) is 11.2. The molecule has 2 aromatic carbocycles. The zero-order valence-electron chi connectivity index (χ0n) is 19.1. The highest BCUT2D eigenvalue weighted by Gasteiger charge is 2.14. The topological polar surface area (TPSA) is 110 Å². The molecule has 0 spiro atoms. The third-order valence-corrected chi connectivity index (χ3v) is 5.63. The standard InChI is InChI=1S/C25H27N7O2/c1-31-11-13-32(14-12-31)15-16-34-22-10-6-5-9-20(22)18-27-30-25-28-23(19-7-3-2-4-8-19)21(17-26)24(33)29-25/h2-10,18H,11-16H2,1H3,(H2,28,29,30,33). The molecule has 3 aromatic rings. The summed E-state index contributed by atoms with van der Waals surface area (Å²) in [6.07, 6.45) is 1.62. The van der Waals surface area contributed by atoms with Crippen molar-refractivity contribution in [3.8, 4) is 23.1 Å². The van der Waals surface area contributed by atoms with E-state index in [4.69, 9.17) is 4.74 Å². The Bertz CT molecular complexity index is 1230. The molecule has 0 bridgehead atoms. The van der Waals surface area contributed by atoms with Crippen molar-refractivity contribution in [2.75, 3.05) is 51.8 Å². The van der Waals surface area contributed by atoms with Gasteiger partial charge in [0.05, 0.1) is 11.9 Å². The monoisotopic (exact) mass is 457 g/mol. The van der Waals surface area contributed by atoms with Crippen LogP contribution < -0.4 is 15.7 Å². The molecule has 1 aromatic heterocycles. The molecule has 4 rings (SSSR count). The number of aromatic amines is 1. The molecule has 2 N–H and O–H groups in total. The number of para-hydroxylation sites is 1. The Kier molecular flexibility index (Phi) is 7.65. The van der Waals surface area contributed by atoms with Crippen molar-refractivity contribution in [3.05, 3.63) is 76.1 Å². The van der Waals surface area contributed by atoms with Crippen molar-refractivity contribution in [2.45, 2.75) is 0 Å². The van der Waals surface area contributed by atoms with E-state index in [2.05, 4.69) is 37.3 Å². The van der Waals surface area contributed by atoms with Crippen LogP contribution in [0, 0.1) is 11.3 Å². The number of anilines is 1. The molecule has 174 valence electrons. The highest BCUT2D eigenvalue weighted by molar-refractivity contribution is 5.83. The lowest BCUT2D eigenvalue weighted by Gasteiger charge is -2.32. The molecule has 1 fully saturated rings. The van der Waals surface area contributed by atoms with Crippen LogP contribution in [0.25, 0.3) is 11.3 Å². The SMILES string of the molecule is CN1CCN(CCOc2ccccc2C=NNc2nc(-c3ccccc3)c(C#N)c(=O)[nH]2)CC1. The molecule has 9 nitrogen and oxygen atoms in total. The number of nitrogens with zero attached hydrogens (tertiary/aromatic N) is 5. The number of nitriles is 1. The first-order chi connectivity index (χ1) is 16.6. The van der Waals surface area contributed by atoms with Crippen molar-refractivity contribution in [1.29, 1.82) is 5.26 Å². The van der Waals surface area contributed by atoms with Gasteiger partial charge in [-0.15, -0.1) is 0 Å². The first-order valence-electron chi connectivity index (χ1n) is 11.2. The molecule has 34 heavy (non-hydrogen) atoms. The number of hydrogen-bond donors (Lipinski definition) is 2. The quantitative estimate of drug-likeness (QED) is 0.395. The Hall–Kier alpha value is -4.00. The van der Waals surface area contributed by atoms with E-state index in [9.17, 15) is 10.1 Å². The van der Waals surface area contributed by atoms with Crippen molar-refractivity contribution in [1.82, 2.24) is 19.8 Å². The van der Waals surface area contributed by atoms with Crippen molar-refractivity contribution < 1.29 is 4.74 Å². The van der Waals surface area contributed by atoms with Crippen LogP contribution in [-0.2, 0) is 0 Å². The second-order valence-corrected chi connectivity index (χ2v) is 8.02. The Morgan fingerprint density at radius 1 is 1.15 bits per heavy atom. The van der Waals surface area contributed by atoms with Crippen molar-refractivity contribution >= 4 is 12.2 Å². The van der Waals surface area contributed by atoms with Crippen LogP contribution >= 0.6 is 0 Å². The third kappa shape index (κ3) is 5.86. The largest absolute Gasteiger partial charge is 0.492 e. The molecule has 0 aliphatic carbocycles. The maximum Gasteiger partial charge on any atom is 0.270 e. The number of H-pyrrole nitrogens is 1. The van der Waals surface area contributed by atoms with Crippen molar-refractivity contribution in [2.24, 2.45) is 5.10 Å². The van der Waals surface area contributed by atoms with Crippen LogP contribution in [0.15, 0.2) is 64.5 Å². The van der Waals surface area contributed by atoms with Gasteiger partial charge in [0.25, 0.3) is 5.56 Å². The van der Waals surface area contributed by atoms with Gasteiger partial charge in [0, 0.05) is 43.9 Å². The predicted molar refractivity (Wildman–Crippen MR) is 132 cm³/mol. The number of ether oxygens (including phenoxy) is 1. The van der Waals surface area contributed by atoms with Gasteiger partial charge < -0.3 is 9.64 Å². The maximum atomic E-state index is 12.4. The van der Waals surface area contributed by atoms with E-state index in [-0.39, 0.29) is 11.5 Å². The number of rotatable bonds is 8. The molecule has 0 saturated carbocycles. The average Bonchev–Trinajstić information content (AvgIpc) is 2.86. The highest BCUT2D eigenvalue weighted by Crippen LogP contribution is 2.20. The van der Waals surface area contributed by atoms with Gasteiger partial charge in [0.15, 0.2) is 0 Å². The lowest BCUT2D eigenvalue weighted by Crippen LogP contribution is -2.45. The average molecular weight is 458 g/mol. The van der Waals surface area contributed by atoms with Crippen LogP contribution in [0.3, 0.4) is 0 Å². The number of hydrazone groups is 1. The van der Waals surface area contributed by atoms with Gasteiger partial charge >= 0.3 is 0 Å². The maximum absolute atomic E-state index is 12.4. The Morgan fingerprint density at radius 2 is 1.88 bits per heavy atom. The minimum atomic E-state index is -0.526. The molecule has 1 saturated heterocycles. The number of hydrogen-bond acceptors (Lipinski definition) is 8. The third-order valence-electron chi connectivity index (χ3n) is 5.63. The fourth-order valence-electron chi connectivity index (χ4n) is 3.67. The van der Waals surface area contributed by atoms with Crippen LogP contribution in [0.2, 0.25) is 0 Å². The molecule has 9 heteroatoms. The van der Waals surface area contributed by atoms with E-state index in [1.54, 1.807) is 18.3 Å². The zero-order valence-corrected chi connectivity index (χ0v) is 19.1. The summed E-state index contributed by atoms with van der Waals surface area (Å²) in [5, 5.41) is 13.6. The molecule has 0 unspecified atom stereocenters. The summed E-state index contributed by atoms with van der Waals surface area (Å²) in [5.41, 5.74) is 3.97. The Morgan fingerprint density at radius 3 is 2.65 bits per heavy atom. The van der Waals surface area contributed by atoms with Gasteiger partial charge in [-0.1, -0.05) is 42.5 Å². The lowest BCUT2D eigenvalue weighted by molar-refractivity contribution is 0.133. The van der Waals surface area contributed by atoms with Crippen LogP contribution in [0.5, 0.6) is 5.75 Å². The summed E-state index contributed by atoms with van der Waals surface area (Å²) >= 11 is 0. The van der Waals surface area contributed by atoms with Gasteiger partial charge in [0.2, 0.25) is 5.95 Å². The Balaban J connectivity index is 1.42. The number of likely N-dealkylation sites (N-methyl/N-ethyl adjacent to an activating group) is 1. The van der Waals surface area contributed by atoms with Crippen LogP contribution in [0.1, 0.15) is 11.1 Å². The van der Waals surface area contributed by atoms with Crippen LogP contribution in [0.4, 0.5) is 5.95 Å². The number of nitrogens with one attached hydrogen (secondary N) is 2. The summed E-state index contributed by atoms with van der Waals surface area (Å²) in [7, 11) is 2.14. The van der Waals surface area contributed by atoms with Gasteiger partial charge in [-0.3, -0.25) is 14.7 Å². The lowest BCUT2D eigenvalue weighted by atomic mass is 10.1. The summed E-state index contributed by atoms with van der Waals surface area (Å²) in [6.45, 7) is 5.71. The highest BCUT2D eigenvalue weighted by atomic mass is 16.5. The van der Waals surface area contributed by atoms with E-state index in [1.807, 2.05) is 48.5 Å². The van der Waals surface area contributed by atoms with E-state index in [1.165, 1.54) is 0 Å². The molecule has 0 radical (unpaired) electrons. The summed E-state index contributed by atoms with van der Waals surface area (Å²) in [4.78, 5) is 24.1. The summed E-state index contributed by atoms with van der Waals surface area (Å²) in [6, 6.07) is 18.7. The molecular weight excluding hydrogens is 430 g/mol. The molecule has 1 aliphatic rings. The van der Waals surface area contributed by atoms with E-state index in [0.29, 0.717) is 17.9 Å². The minimum Gasteiger partial charge on any atom is -0.492 e. The van der Waals surface area contributed by atoms with E-state index in [0.717, 1.165) is 44.0 Å². The van der Waals surface area contributed by atoms with Crippen LogP contribution in [-0.4, -0.2) is 72.4 Å².